The van der Waals surface area contributed by atoms with Crippen molar-refractivity contribution in [2.24, 2.45) is 5.73 Å². The lowest BCUT2D eigenvalue weighted by Crippen LogP contribution is -2.44. The minimum absolute atomic E-state index is 0.194. The molecule has 2 aliphatic rings. The van der Waals surface area contributed by atoms with E-state index in [4.69, 9.17) is 19.9 Å². The van der Waals surface area contributed by atoms with Crippen LogP contribution in [-0.4, -0.2) is 73.9 Å². The van der Waals surface area contributed by atoms with Crippen LogP contribution in [0.15, 0.2) is 54.6 Å². The summed E-state index contributed by atoms with van der Waals surface area (Å²) in [7, 11) is 0. The van der Waals surface area contributed by atoms with Crippen molar-refractivity contribution in [3.05, 3.63) is 76.9 Å². The van der Waals surface area contributed by atoms with Crippen molar-refractivity contribution >= 4 is 29.3 Å². The van der Waals surface area contributed by atoms with E-state index in [2.05, 4.69) is 10.2 Å². The minimum atomic E-state index is -4.72. The highest BCUT2D eigenvalue weighted by molar-refractivity contribution is 6.06. The fourth-order valence-electron chi connectivity index (χ4n) is 5.97. The highest BCUT2D eigenvalue weighted by Gasteiger charge is 2.35. The molecule has 0 unspecified atom stereocenters. The standard InChI is InChI=1S/C36H41F3N4O6/c1-22-29(23-17-24(32(40)44)19-27(18-23)48-26-9-11-43(12-10-26)34(46)49-35(2,3)4)20-25(21-31(22)42-13-15-47-16-14-42)41-33(45)28-7-5-6-8-30(28)36(37,38)39/h5-8,17-21,26H,9-16H2,1-4H3,(H2,40,44)(H,41,45). The predicted molar refractivity (Wildman–Crippen MR) is 179 cm³/mol. The Hall–Kier alpha value is -4.78. The number of nitrogens with zero attached hydrogens (tertiary/aromatic N) is 2. The fourth-order valence-corrected chi connectivity index (χ4v) is 5.97. The van der Waals surface area contributed by atoms with Gasteiger partial charge in [-0.2, -0.15) is 13.2 Å². The van der Waals surface area contributed by atoms with Crippen molar-refractivity contribution in [1.82, 2.24) is 4.90 Å². The number of carbonyl (C=O) groups is 3. The monoisotopic (exact) mass is 682 g/mol. The van der Waals surface area contributed by atoms with Gasteiger partial charge in [-0.05, 0) is 86.8 Å². The summed E-state index contributed by atoms with van der Waals surface area (Å²) in [5, 5.41) is 2.67. The summed E-state index contributed by atoms with van der Waals surface area (Å²) in [4.78, 5) is 42.0. The molecule has 2 saturated heterocycles. The maximum Gasteiger partial charge on any atom is 0.417 e. The first-order valence-corrected chi connectivity index (χ1v) is 16.1. The number of benzene rings is 3. The van der Waals surface area contributed by atoms with Crippen molar-refractivity contribution in [3.63, 3.8) is 0 Å². The molecule has 0 radical (unpaired) electrons. The molecule has 3 aromatic carbocycles. The minimum Gasteiger partial charge on any atom is -0.490 e. The Bertz CT molecular complexity index is 1710. The van der Waals surface area contributed by atoms with Gasteiger partial charge in [0.2, 0.25) is 5.91 Å². The van der Waals surface area contributed by atoms with Crippen molar-refractivity contribution in [2.75, 3.05) is 49.6 Å². The van der Waals surface area contributed by atoms with Crippen molar-refractivity contribution in [3.8, 4) is 16.9 Å². The Labute approximate surface area is 283 Å². The number of carbonyl (C=O) groups excluding carboxylic acids is 3. The summed E-state index contributed by atoms with van der Waals surface area (Å²) in [5.74, 6) is -1.20. The van der Waals surface area contributed by atoms with Crippen LogP contribution in [0.3, 0.4) is 0 Å². The number of anilines is 2. The number of ether oxygens (including phenoxy) is 3. The van der Waals surface area contributed by atoms with Gasteiger partial charge in [0.05, 0.1) is 24.3 Å². The van der Waals surface area contributed by atoms with Crippen LogP contribution in [0.1, 0.15) is 65.5 Å². The molecule has 3 amide bonds. The van der Waals surface area contributed by atoms with E-state index in [1.807, 2.05) is 27.7 Å². The number of piperidine rings is 1. The third kappa shape index (κ3) is 8.83. The molecule has 3 aromatic rings. The van der Waals surface area contributed by atoms with E-state index in [0.717, 1.165) is 23.4 Å². The molecule has 0 atom stereocenters. The Balaban J connectivity index is 1.47. The Kier molecular flexibility index (Phi) is 10.4. The molecule has 10 nitrogen and oxygen atoms in total. The highest BCUT2D eigenvalue weighted by Crippen LogP contribution is 2.38. The summed E-state index contributed by atoms with van der Waals surface area (Å²) in [6, 6.07) is 12.9. The molecule has 0 spiro atoms. The normalized spacial score (nSPS) is 15.9. The molecular weight excluding hydrogens is 641 g/mol. The summed E-state index contributed by atoms with van der Waals surface area (Å²) in [5.41, 5.74) is 6.80. The topological polar surface area (TPSA) is 123 Å². The molecule has 0 aliphatic carbocycles. The van der Waals surface area contributed by atoms with Crippen LogP contribution in [0.4, 0.5) is 29.3 Å². The van der Waals surface area contributed by atoms with E-state index in [0.29, 0.717) is 69.1 Å². The number of likely N-dealkylation sites (tertiary alicyclic amines) is 1. The fraction of sp³-hybridized carbons (Fsp3) is 0.417. The molecule has 2 aliphatic heterocycles. The number of primary amides is 1. The molecule has 0 saturated carbocycles. The van der Waals surface area contributed by atoms with Gasteiger partial charge in [-0.3, -0.25) is 9.59 Å². The molecule has 262 valence electrons. The number of nitrogens with one attached hydrogen (secondary N) is 1. The number of nitrogens with two attached hydrogens (primary N) is 1. The highest BCUT2D eigenvalue weighted by atomic mass is 19.4. The second-order valence-electron chi connectivity index (χ2n) is 13.2. The van der Waals surface area contributed by atoms with Crippen molar-refractivity contribution < 1.29 is 41.8 Å². The summed E-state index contributed by atoms with van der Waals surface area (Å²) in [6.45, 7) is 10.3. The van der Waals surface area contributed by atoms with Crippen LogP contribution < -0.4 is 20.7 Å². The third-order valence-corrected chi connectivity index (χ3v) is 8.37. The van der Waals surface area contributed by atoms with Crippen molar-refractivity contribution in [1.29, 1.82) is 0 Å². The first kappa shape index (κ1) is 35.5. The van der Waals surface area contributed by atoms with Gasteiger partial charge in [0.25, 0.3) is 5.91 Å². The summed E-state index contributed by atoms with van der Waals surface area (Å²) in [6.07, 6.45) is -4.28. The Morgan fingerprint density at radius 2 is 1.61 bits per heavy atom. The van der Waals surface area contributed by atoms with Gasteiger partial charge >= 0.3 is 12.3 Å². The molecule has 13 heteroatoms. The van der Waals surface area contributed by atoms with Gasteiger partial charge in [-0.15, -0.1) is 0 Å². The largest absolute Gasteiger partial charge is 0.490 e. The quantitative estimate of drug-likeness (QED) is 0.286. The molecule has 0 aromatic heterocycles. The van der Waals surface area contributed by atoms with Crippen LogP contribution in [0.5, 0.6) is 5.75 Å². The molecule has 0 bridgehead atoms. The molecular formula is C36H41F3N4O6. The van der Waals surface area contributed by atoms with Gasteiger partial charge in [0.1, 0.15) is 17.5 Å². The second kappa shape index (κ2) is 14.4. The van der Waals surface area contributed by atoms with E-state index in [1.54, 1.807) is 35.2 Å². The zero-order chi connectivity index (χ0) is 35.5. The van der Waals surface area contributed by atoms with Crippen LogP contribution in [-0.2, 0) is 15.7 Å². The number of rotatable bonds is 7. The number of morpholine rings is 1. The average Bonchev–Trinajstić information content (AvgIpc) is 3.04. The predicted octanol–water partition coefficient (Wildman–Crippen LogP) is 6.65. The van der Waals surface area contributed by atoms with Gasteiger partial charge in [-0.1, -0.05) is 12.1 Å². The number of halogens is 3. The summed E-state index contributed by atoms with van der Waals surface area (Å²) < 4.78 is 58.6. The van der Waals surface area contributed by atoms with Gasteiger partial charge in [-0.25, -0.2) is 4.79 Å². The lowest BCUT2D eigenvalue weighted by atomic mass is 9.95. The molecule has 49 heavy (non-hydrogen) atoms. The second-order valence-corrected chi connectivity index (χ2v) is 13.2. The number of amides is 3. The first-order valence-electron chi connectivity index (χ1n) is 16.1. The van der Waals surface area contributed by atoms with Crippen LogP contribution in [0.25, 0.3) is 11.1 Å². The Morgan fingerprint density at radius 3 is 2.24 bits per heavy atom. The van der Waals surface area contributed by atoms with Crippen LogP contribution in [0.2, 0.25) is 0 Å². The number of hydrogen-bond donors (Lipinski definition) is 2. The van der Waals surface area contributed by atoms with Gasteiger partial charge < -0.3 is 35.1 Å². The lowest BCUT2D eigenvalue weighted by molar-refractivity contribution is -0.137. The summed E-state index contributed by atoms with van der Waals surface area (Å²) >= 11 is 0. The van der Waals surface area contributed by atoms with E-state index in [-0.39, 0.29) is 23.4 Å². The van der Waals surface area contributed by atoms with Crippen LogP contribution >= 0.6 is 0 Å². The maximum absolute atomic E-state index is 13.7. The molecule has 2 fully saturated rings. The van der Waals surface area contributed by atoms with E-state index in [9.17, 15) is 27.6 Å². The zero-order valence-corrected chi connectivity index (χ0v) is 28.0. The SMILES string of the molecule is Cc1c(-c2cc(OC3CCN(C(=O)OC(C)(C)C)CC3)cc(C(N)=O)c2)cc(NC(=O)c2ccccc2C(F)(F)F)cc1N1CCOCC1. The third-order valence-electron chi connectivity index (χ3n) is 8.37. The molecule has 2 heterocycles. The van der Waals surface area contributed by atoms with Gasteiger partial charge in [0.15, 0.2) is 0 Å². The number of hydrogen-bond acceptors (Lipinski definition) is 7. The maximum atomic E-state index is 13.7. The molecule has 3 N–H and O–H groups in total. The average molecular weight is 683 g/mol. The Morgan fingerprint density at radius 1 is 0.939 bits per heavy atom. The van der Waals surface area contributed by atoms with E-state index < -0.39 is 34.7 Å². The smallest absolute Gasteiger partial charge is 0.417 e. The van der Waals surface area contributed by atoms with Gasteiger partial charge in [0, 0.05) is 56.0 Å². The van der Waals surface area contributed by atoms with Crippen molar-refractivity contribution in [2.45, 2.75) is 58.4 Å². The number of alkyl halides is 3. The van der Waals surface area contributed by atoms with E-state index in [1.165, 1.54) is 12.1 Å². The molecule has 5 rings (SSSR count). The van der Waals surface area contributed by atoms with E-state index >= 15 is 0 Å². The first-order chi connectivity index (χ1) is 23.1. The lowest BCUT2D eigenvalue weighted by Gasteiger charge is -2.33. The zero-order valence-electron chi connectivity index (χ0n) is 28.0. The van der Waals surface area contributed by atoms with Crippen LogP contribution in [0, 0.1) is 6.92 Å².